The second kappa shape index (κ2) is 6.97. The van der Waals surface area contributed by atoms with E-state index in [0.717, 1.165) is 6.07 Å². The number of aromatic nitrogens is 4. The lowest BCUT2D eigenvalue weighted by atomic mass is 10.1. The van der Waals surface area contributed by atoms with Gasteiger partial charge in [-0.05, 0) is 18.2 Å². The number of imidazole rings is 1. The normalized spacial score (nSPS) is 25.2. The number of fused-ring (bicyclic) bond motifs is 1. The molecule has 3 aromatic rings. The highest BCUT2D eigenvalue weighted by atomic mass is 35.5. The summed E-state index contributed by atoms with van der Waals surface area (Å²) in [6.07, 6.45) is -2.40. The topological polar surface area (TPSA) is 105 Å². The lowest BCUT2D eigenvalue weighted by Gasteiger charge is -2.16. The third kappa shape index (κ3) is 3.10. The molecular weight excluding hydrogens is 384 g/mol. The van der Waals surface area contributed by atoms with Crippen LogP contribution in [-0.4, -0.2) is 54.7 Å². The van der Waals surface area contributed by atoms with Crippen LogP contribution in [0.3, 0.4) is 0 Å². The average molecular weight is 398 g/mol. The van der Waals surface area contributed by atoms with E-state index in [4.69, 9.17) is 16.3 Å². The van der Waals surface area contributed by atoms with Crippen LogP contribution in [0.25, 0.3) is 11.2 Å². The Bertz CT molecular complexity index is 988. The van der Waals surface area contributed by atoms with Crippen LogP contribution in [0.5, 0.6) is 0 Å². The number of aliphatic hydroxyl groups is 2. The smallest absolute Gasteiger partial charge is 0.167 e. The number of aliphatic hydroxyl groups excluding tert-OH is 2. The Morgan fingerprint density at radius 1 is 1.22 bits per heavy atom. The van der Waals surface area contributed by atoms with E-state index in [-0.39, 0.29) is 27.7 Å². The minimum absolute atomic E-state index is 0.138. The molecule has 0 bridgehead atoms. The predicted molar refractivity (Wildman–Crippen MR) is 91.9 cm³/mol. The van der Waals surface area contributed by atoms with Crippen LogP contribution in [0, 0.1) is 5.82 Å². The molecular formula is C16H14ClF2N5O3. The van der Waals surface area contributed by atoms with Gasteiger partial charge in [0.2, 0.25) is 0 Å². The first-order valence-electron chi connectivity index (χ1n) is 7.96. The van der Waals surface area contributed by atoms with Gasteiger partial charge in [0.15, 0.2) is 23.2 Å². The zero-order valence-corrected chi connectivity index (χ0v) is 14.4. The molecule has 1 aliphatic rings. The molecule has 142 valence electrons. The molecule has 1 aliphatic heterocycles. The van der Waals surface area contributed by atoms with Crippen molar-refractivity contribution in [3.63, 3.8) is 0 Å². The van der Waals surface area contributed by atoms with Crippen LogP contribution in [0.15, 0.2) is 30.9 Å². The van der Waals surface area contributed by atoms with Gasteiger partial charge in [-0.3, -0.25) is 4.57 Å². The Labute approximate surface area is 156 Å². The number of ether oxygens (including phenoxy) is 1. The van der Waals surface area contributed by atoms with Gasteiger partial charge in [-0.15, -0.1) is 0 Å². The Balaban J connectivity index is 1.70. The largest absolute Gasteiger partial charge is 0.387 e. The van der Waals surface area contributed by atoms with Crippen molar-refractivity contribution < 1.29 is 23.7 Å². The predicted octanol–water partition coefficient (Wildman–Crippen LogP) is 1.95. The number of hydrogen-bond acceptors (Lipinski definition) is 7. The van der Waals surface area contributed by atoms with Crippen LogP contribution in [0.4, 0.5) is 20.3 Å². The van der Waals surface area contributed by atoms with Crippen LogP contribution >= 0.6 is 11.6 Å². The summed E-state index contributed by atoms with van der Waals surface area (Å²) in [4.78, 5) is 12.3. The lowest BCUT2D eigenvalue weighted by Crippen LogP contribution is -2.32. The molecule has 0 aliphatic carbocycles. The van der Waals surface area contributed by atoms with E-state index >= 15 is 0 Å². The minimum Gasteiger partial charge on any atom is -0.387 e. The molecule has 3 N–H and O–H groups in total. The molecule has 0 radical (unpaired) electrons. The maximum Gasteiger partial charge on any atom is 0.167 e. The van der Waals surface area contributed by atoms with Gasteiger partial charge >= 0.3 is 0 Å². The van der Waals surface area contributed by atoms with Gasteiger partial charge in [0, 0.05) is 5.02 Å². The number of alkyl halides is 1. The SMILES string of the molecule is OC1C(O)[C@@H](CF)O[C@H]1n1cnc2c(Nc3ccc(Cl)cc3F)ncnc21. The molecule has 1 aromatic carbocycles. The number of rotatable bonds is 4. The summed E-state index contributed by atoms with van der Waals surface area (Å²) in [7, 11) is 0. The number of benzene rings is 1. The molecule has 27 heavy (non-hydrogen) atoms. The summed E-state index contributed by atoms with van der Waals surface area (Å²) >= 11 is 5.75. The third-order valence-corrected chi connectivity index (χ3v) is 4.54. The van der Waals surface area contributed by atoms with Gasteiger partial charge < -0.3 is 20.3 Å². The summed E-state index contributed by atoms with van der Waals surface area (Å²) in [5.74, 6) is -0.354. The van der Waals surface area contributed by atoms with E-state index in [9.17, 15) is 19.0 Å². The highest BCUT2D eigenvalue weighted by Gasteiger charge is 2.44. The van der Waals surface area contributed by atoms with Crippen molar-refractivity contribution in [2.75, 3.05) is 12.0 Å². The standard InChI is InChI=1S/C16H14ClF2N5O3/c17-7-1-2-9(8(19)3-7)23-14-11-15(21-5-20-14)24(6-22-11)16-13(26)12(25)10(4-18)27-16/h1-3,5-6,10,12-13,16,25-26H,4H2,(H,20,21,23)/t10-,12?,13?,16-/m1/s1. The molecule has 4 atom stereocenters. The molecule has 2 aromatic heterocycles. The van der Waals surface area contributed by atoms with Crippen molar-refractivity contribution in [1.82, 2.24) is 19.5 Å². The molecule has 3 heterocycles. The minimum atomic E-state index is -1.37. The molecule has 8 nitrogen and oxygen atoms in total. The second-order valence-corrected chi connectivity index (χ2v) is 6.43. The molecule has 4 rings (SSSR count). The fraction of sp³-hybridized carbons (Fsp3) is 0.312. The highest BCUT2D eigenvalue weighted by Crippen LogP contribution is 2.33. The van der Waals surface area contributed by atoms with Gasteiger partial charge in [-0.2, -0.15) is 0 Å². The second-order valence-electron chi connectivity index (χ2n) is 6.00. The Morgan fingerprint density at radius 2 is 2.04 bits per heavy atom. The fourth-order valence-corrected chi connectivity index (χ4v) is 3.09. The molecule has 2 unspecified atom stereocenters. The third-order valence-electron chi connectivity index (χ3n) is 4.31. The van der Waals surface area contributed by atoms with Gasteiger partial charge in [0.05, 0.1) is 12.0 Å². The van der Waals surface area contributed by atoms with Crippen molar-refractivity contribution in [2.45, 2.75) is 24.5 Å². The van der Waals surface area contributed by atoms with E-state index in [1.54, 1.807) is 0 Å². The van der Waals surface area contributed by atoms with Crippen molar-refractivity contribution in [3.8, 4) is 0 Å². The first kappa shape index (κ1) is 18.0. The highest BCUT2D eigenvalue weighted by molar-refractivity contribution is 6.30. The lowest BCUT2D eigenvalue weighted by molar-refractivity contribution is -0.0409. The van der Waals surface area contributed by atoms with Gasteiger partial charge in [0.1, 0.15) is 37.1 Å². The maximum absolute atomic E-state index is 14.0. The molecule has 0 spiro atoms. The van der Waals surface area contributed by atoms with Crippen LogP contribution in [0.1, 0.15) is 6.23 Å². The van der Waals surface area contributed by atoms with Crippen molar-refractivity contribution >= 4 is 34.3 Å². The van der Waals surface area contributed by atoms with Crippen LogP contribution in [0.2, 0.25) is 5.02 Å². The maximum atomic E-state index is 14.0. The number of anilines is 2. The summed E-state index contributed by atoms with van der Waals surface area (Å²) in [5.41, 5.74) is 0.678. The zero-order valence-electron chi connectivity index (χ0n) is 13.6. The van der Waals surface area contributed by atoms with Crippen LogP contribution < -0.4 is 5.32 Å². The van der Waals surface area contributed by atoms with Gasteiger partial charge in [-0.1, -0.05) is 11.6 Å². The summed E-state index contributed by atoms with van der Waals surface area (Å²) in [5, 5.41) is 23.1. The van der Waals surface area contributed by atoms with Crippen molar-refractivity contribution in [3.05, 3.63) is 41.7 Å². The molecule has 1 fully saturated rings. The summed E-state index contributed by atoms with van der Waals surface area (Å²) in [6, 6.07) is 4.13. The van der Waals surface area contributed by atoms with Crippen molar-refractivity contribution in [1.29, 1.82) is 0 Å². The number of hydrogen-bond donors (Lipinski definition) is 3. The number of nitrogens with one attached hydrogen (secondary N) is 1. The van der Waals surface area contributed by atoms with Crippen LogP contribution in [-0.2, 0) is 4.74 Å². The quantitative estimate of drug-likeness (QED) is 0.618. The number of nitrogens with zero attached hydrogens (tertiary/aromatic N) is 4. The van der Waals surface area contributed by atoms with E-state index < -0.39 is 37.0 Å². The molecule has 0 amide bonds. The average Bonchev–Trinajstić information content (AvgIpc) is 3.20. The summed E-state index contributed by atoms with van der Waals surface area (Å²) < 4.78 is 33.7. The number of halogens is 3. The first-order chi connectivity index (χ1) is 13.0. The van der Waals surface area contributed by atoms with E-state index in [1.165, 1.54) is 29.4 Å². The van der Waals surface area contributed by atoms with Gasteiger partial charge in [-0.25, -0.2) is 23.7 Å². The molecule has 11 heteroatoms. The van der Waals surface area contributed by atoms with Gasteiger partial charge in [0.25, 0.3) is 0 Å². The Kier molecular flexibility index (Phi) is 4.64. The Hall–Kier alpha value is -2.40. The van der Waals surface area contributed by atoms with Crippen molar-refractivity contribution in [2.24, 2.45) is 0 Å². The molecule has 1 saturated heterocycles. The molecule has 0 saturated carbocycles. The van der Waals surface area contributed by atoms with E-state index in [0.29, 0.717) is 0 Å². The Morgan fingerprint density at radius 3 is 2.74 bits per heavy atom. The first-order valence-corrected chi connectivity index (χ1v) is 8.34. The fourth-order valence-electron chi connectivity index (χ4n) is 2.93. The summed E-state index contributed by atoms with van der Waals surface area (Å²) in [6.45, 7) is -0.945. The monoisotopic (exact) mass is 397 g/mol. The van der Waals surface area contributed by atoms with E-state index in [2.05, 4.69) is 20.3 Å². The zero-order chi connectivity index (χ0) is 19.1. The van der Waals surface area contributed by atoms with E-state index in [1.807, 2.05) is 0 Å².